The molecule has 1 atom stereocenters. The van der Waals surface area contributed by atoms with Crippen LogP contribution in [0.5, 0.6) is 0 Å². The summed E-state index contributed by atoms with van der Waals surface area (Å²) in [6.45, 7) is 7.50. The third kappa shape index (κ3) is 5.30. The number of ether oxygens (including phenoxy) is 1. The monoisotopic (exact) mass is 172 g/mol. The van der Waals surface area contributed by atoms with Crippen molar-refractivity contribution in [3.05, 3.63) is 0 Å². The number of ketones is 1. The highest BCUT2D eigenvalue weighted by Crippen LogP contribution is 2.05. The summed E-state index contributed by atoms with van der Waals surface area (Å²) in [6, 6.07) is 0. The molecule has 0 radical (unpaired) electrons. The van der Waals surface area contributed by atoms with Crippen LogP contribution in [0.1, 0.15) is 40.0 Å². The first-order valence-electron chi connectivity index (χ1n) is 4.82. The van der Waals surface area contributed by atoms with Gasteiger partial charge in [-0.05, 0) is 12.8 Å². The molecule has 0 fully saturated rings. The van der Waals surface area contributed by atoms with Gasteiger partial charge >= 0.3 is 0 Å². The van der Waals surface area contributed by atoms with Crippen LogP contribution in [0.2, 0.25) is 0 Å². The third-order valence-electron chi connectivity index (χ3n) is 1.94. The van der Waals surface area contributed by atoms with Crippen LogP contribution in [-0.2, 0) is 9.53 Å². The van der Waals surface area contributed by atoms with E-state index >= 15 is 0 Å². The Kier molecular flexibility index (Phi) is 7.06. The zero-order valence-electron chi connectivity index (χ0n) is 8.43. The molecule has 0 saturated heterocycles. The van der Waals surface area contributed by atoms with Gasteiger partial charge in [-0.25, -0.2) is 0 Å². The molecule has 0 aromatic heterocycles. The first-order valence-corrected chi connectivity index (χ1v) is 4.82. The summed E-state index contributed by atoms with van der Waals surface area (Å²) in [5.41, 5.74) is 0. The maximum atomic E-state index is 11.1. The van der Waals surface area contributed by atoms with Crippen LogP contribution in [0, 0.1) is 5.92 Å². The Labute approximate surface area is 75.3 Å². The molecule has 0 aromatic carbocycles. The first kappa shape index (κ1) is 11.6. The third-order valence-corrected chi connectivity index (χ3v) is 1.94. The normalized spacial score (nSPS) is 12.9. The summed E-state index contributed by atoms with van der Waals surface area (Å²) in [4.78, 5) is 11.1. The van der Waals surface area contributed by atoms with Crippen LogP contribution < -0.4 is 0 Å². The highest BCUT2D eigenvalue weighted by atomic mass is 16.5. The predicted octanol–water partition coefficient (Wildman–Crippen LogP) is 2.42. The molecule has 0 bridgehead atoms. The molecule has 2 heteroatoms. The quantitative estimate of drug-likeness (QED) is 0.551. The molecule has 0 rings (SSSR count). The Bertz CT molecular complexity index is 121. The van der Waals surface area contributed by atoms with Crippen molar-refractivity contribution in [3.63, 3.8) is 0 Å². The van der Waals surface area contributed by atoms with E-state index in [0.29, 0.717) is 12.2 Å². The highest BCUT2D eigenvalue weighted by molar-refractivity contribution is 5.80. The van der Waals surface area contributed by atoms with Crippen molar-refractivity contribution < 1.29 is 9.53 Å². The SMILES string of the molecule is CCCOCCC(C)C(=O)CC. The second kappa shape index (κ2) is 7.29. The smallest absolute Gasteiger partial charge is 0.135 e. The topological polar surface area (TPSA) is 26.3 Å². The highest BCUT2D eigenvalue weighted by Gasteiger charge is 2.09. The molecule has 0 spiro atoms. The van der Waals surface area contributed by atoms with E-state index in [1.807, 2.05) is 13.8 Å². The molecule has 12 heavy (non-hydrogen) atoms. The largest absolute Gasteiger partial charge is 0.381 e. The van der Waals surface area contributed by atoms with Gasteiger partial charge < -0.3 is 4.74 Å². The minimum Gasteiger partial charge on any atom is -0.381 e. The Balaban J connectivity index is 3.31. The minimum absolute atomic E-state index is 0.173. The van der Waals surface area contributed by atoms with Gasteiger partial charge in [-0.1, -0.05) is 20.8 Å². The lowest BCUT2D eigenvalue weighted by atomic mass is 10.0. The number of carbonyl (C=O) groups is 1. The average Bonchev–Trinajstić information content (AvgIpc) is 2.10. The van der Waals surface area contributed by atoms with Crippen molar-refractivity contribution in [2.75, 3.05) is 13.2 Å². The van der Waals surface area contributed by atoms with Gasteiger partial charge in [0.15, 0.2) is 0 Å². The van der Waals surface area contributed by atoms with Crippen LogP contribution in [0.3, 0.4) is 0 Å². The molecule has 0 N–H and O–H groups in total. The number of Topliss-reactive ketones (excluding diaryl/α,β-unsaturated/α-hetero) is 1. The second-order valence-electron chi connectivity index (χ2n) is 3.12. The van der Waals surface area contributed by atoms with E-state index in [1.165, 1.54) is 0 Å². The molecule has 0 aliphatic carbocycles. The van der Waals surface area contributed by atoms with Gasteiger partial charge in [-0.3, -0.25) is 4.79 Å². The Morgan fingerprint density at radius 1 is 1.33 bits per heavy atom. The second-order valence-corrected chi connectivity index (χ2v) is 3.12. The number of carbonyl (C=O) groups excluding carboxylic acids is 1. The van der Waals surface area contributed by atoms with Crippen molar-refractivity contribution in [1.82, 2.24) is 0 Å². The fourth-order valence-corrected chi connectivity index (χ4v) is 1.02. The number of rotatable bonds is 7. The van der Waals surface area contributed by atoms with E-state index in [4.69, 9.17) is 4.74 Å². The van der Waals surface area contributed by atoms with Gasteiger partial charge in [0.2, 0.25) is 0 Å². The van der Waals surface area contributed by atoms with Gasteiger partial charge in [0.1, 0.15) is 5.78 Å². The molecule has 0 aromatic rings. The lowest BCUT2D eigenvalue weighted by Crippen LogP contribution is -2.12. The molecule has 0 aliphatic heterocycles. The van der Waals surface area contributed by atoms with Crippen molar-refractivity contribution in [2.45, 2.75) is 40.0 Å². The van der Waals surface area contributed by atoms with E-state index in [-0.39, 0.29) is 5.92 Å². The van der Waals surface area contributed by atoms with Crippen LogP contribution >= 0.6 is 0 Å². The van der Waals surface area contributed by atoms with Gasteiger partial charge in [0.25, 0.3) is 0 Å². The fraction of sp³-hybridized carbons (Fsp3) is 0.900. The number of hydrogen-bond acceptors (Lipinski definition) is 2. The summed E-state index contributed by atoms with van der Waals surface area (Å²) in [5, 5.41) is 0. The summed E-state index contributed by atoms with van der Waals surface area (Å²) < 4.78 is 5.30. The maximum absolute atomic E-state index is 11.1. The lowest BCUT2D eigenvalue weighted by molar-refractivity contribution is -0.122. The fourth-order valence-electron chi connectivity index (χ4n) is 1.02. The van der Waals surface area contributed by atoms with Crippen LogP contribution in [-0.4, -0.2) is 19.0 Å². The van der Waals surface area contributed by atoms with Crippen molar-refractivity contribution >= 4 is 5.78 Å². The summed E-state index contributed by atoms with van der Waals surface area (Å²) in [6.07, 6.45) is 2.57. The van der Waals surface area contributed by atoms with Crippen molar-refractivity contribution in [3.8, 4) is 0 Å². The molecule has 0 aliphatic rings. The zero-order valence-corrected chi connectivity index (χ0v) is 8.43. The molecule has 0 amide bonds. The zero-order chi connectivity index (χ0) is 9.40. The van der Waals surface area contributed by atoms with Crippen LogP contribution in [0.15, 0.2) is 0 Å². The van der Waals surface area contributed by atoms with E-state index in [9.17, 15) is 4.79 Å². The Morgan fingerprint density at radius 3 is 2.50 bits per heavy atom. The van der Waals surface area contributed by atoms with Gasteiger partial charge in [0, 0.05) is 25.6 Å². The van der Waals surface area contributed by atoms with Crippen molar-refractivity contribution in [1.29, 1.82) is 0 Å². The van der Waals surface area contributed by atoms with E-state index in [0.717, 1.165) is 26.1 Å². The van der Waals surface area contributed by atoms with Crippen LogP contribution in [0.25, 0.3) is 0 Å². The maximum Gasteiger partial charge on any atom is 0.135 e. The summed E-state index contributed by atoms with van der Waals surface area (Å²) in [5.74, 6) is 0.516. The molecule has 0 heterocycles. The molecular weight excluding hydrogens is 152 g/mol. The van der Waals surface area contributed by atoms with Crippen molar-refractivity contribution in [2.24, 2.45) is 5.92 Å². The average molecular weight is 172 g/mol. The summed E-state index contributed by atoms with van der Waals surface area (Å²) >= 11 is 0. The lowest BCUT2D eigenvalue weighted by Gasteiger charge is -2.08. The molecule has 1 unspecified atom stereocenters. The van der Waals surface area contributed by atoms with Gasteiger partial charge in [-0.2, -0.15) is 0 Å². The number of hydrogen-bond donors (Lipinski definition) is 0. The van der Waals surface area contributed by atoms with E-state index in [1.54, 1.807) is 0 Å². The van der Waals surface area contributed by atoms with E-state index in [2.05, 4.69) is 6.92 Å². The molecule has 2 nitrogen and oxygen atoms in total. The Hall–Kier alpha value is -0.370. The van der Waals surface area contributed by atoms with Crippen LogP contribution in [0.4, 0.5) is 0 Å². The first-order chi connectivity index (χ1) is 5.72. The van der Waals surface area contributed by atoms with E-state index < -0.39 is 0 Å². The molecule has 72 valence electrons. The van der Waals surface area contributed by atoms with Gasteiger partial charge in [-0.15, -0.1) is 0 Å². The minimum atomic E-state index is 0.173. The molecule has 0 saturated carbocycles. The summed E-state index contributed by atoms with van der Waals surface area (Å²) in [7, 11) is 0. The Morgan fingerprint density at radius 2 is 2.00 bits per heavy atom. The molecular formula is C10H20O2. The predicted molar refractivity (Wildman–Crippen MR) is 50.2 cm³/mol. The van der Waals surface area contributed by atoms with Gasteiger partial charge in [0.05, 0.1) is 0 Å². The standard InChI is InChI=1S/C10H20O2/c1-4-7-12-8-6-9(3)10(11)5-2/h9H,4-8H2,1-3H3.